The van der Waals surface area contributed by atoms with Gasteiger partial charge in [-0.3, -0.25) is 0 Å². The number of ether oxygens (including phenoxy) is 1. The largest absolute Gasteiger partial charge is 0.372 e. The molecule has 1 aliphatic rings. The quantitative estimate of drug-likeness (QED) is 0.429. The van der Waals surface area contributed by atoms with Crippen LogP contribution in [0.2, 0.25) is 0 Å². The van der Waals surface area contributed by atoms with Crippen molar-refractivity contribution < 1.29 is 13.5 Å². The van der Waals surface area contributed by atoms with E-state index in [9.17, 15) is 8.78 Å². The Morgan fingerprint density at radius 2 is 1.63 bits per heavy atom. The minimum absolute atomic E-state index is 0.0211. The standard InChI is InChI=1S/C26H35F2NO/c1-19(2)21-11-7-10-20(3)26(21)25(18-29-15-5-4-6-16-29)30-17-9-12-22-23(27)13-8-14-24(22)28/h7-8,10-11,13-14,19,25H,4-6,9,12,15-18H2,1-3H3. The van der Waals surface area contributed by atoms with Crippen molar-refractivity contribution in [1.29, 1.82) is 0 Å². The lowest BCUT2D eigenvalue weighted by Crippen LogP contribution is -2.35. The van der Waals surface area contributed by atoms with Crippen LogP contribution < -0.4 is 0 Å². The number of nitrogens with zero attached hydrogens (tertiary/aromatic N) is 1. The Hall–Kier alpha value is -1.78. The highest BCUT2D eigenvalue weighted by atomic mass is 19.1. The highest BCUT2D eigenvalue weighted by Gasteiger charge is 2.23. The molecule has 0 aromatic heterocycles. The van der Waals surface area contributed by atoms with Gasteiger partial charge < -0.3 is 9.64 Å². The van der Waals surface area contributed by atoms with Gasteiger partial charge in [-0.1, -0.05) is 44.5 Å². The number of benzene rings is 2. The molecule has 0 saturated carbocycles. The Kier molecular flexibility index (Phi) is 8.41. The summed E-state index contributed by atoms with van der Waals surface area (Å²) in [6, 6.07) is 10.5. The van der Waals surface area contributed by atoms with E-state index >= 15 is 0 Å². The number of likely N-dealkylation sites (tertiary alicyclic amines) is 1. The molecule has 1 heterocycles. The normalized spacial score (nSPS) is 16.2. The minimum atomic E-state index is -0.471. The fraction of sp³-hybridized carbons (Fsp3) is 0.538. The van der Waals surface area contributed by atoms with Gasteiger partial charge in [-0.05, 0) is 80.4 Å². The maximum atomic E-state index is 13.9. The van der Waals surface area contributed by atoms with Crippen LogP contribution in [0.3, 0.4) is 0 Å². The molecule has 0 spiro atoms. The maximum Gasteiger partial charge on any atom is 0.129 e. The van der Waals surface area contributed by atoms with Gasteiger partial charge in [-0.25, -0.2) is 8.78 Å². The van der Waals surface area contributed by atoms with E-state index in [0.717, 1.165) is 19.6 Å². The first kappa shape index (κ1) is 22.9. The Morgan fingerprint density at radius 1 is 0.967 bits per heavy atom. The van der Waals surface area contributed by atoms with Gasteiger partial charge in [-0.15, -0.1) is 0 Å². The van der Waals surface area contributed by atoms with Crippen LogP contribution in [0.4, 0.5) is 8.78 Å². The monoisotopic (exact) mass is 415 g/mol. The highest BCUT2D eigenvalue weighted by molar-refractivity contribution is 5.38. The van der Waals surface area contributed by atoms with E-state index in [1.165, 1.54) is 54.2 Å². The second kappa shape index (κ2) is 11.0. The van der Waals surface area contributed by atoms with Crippen LogP contribution in [0.1, 0.15) is 73.8 Å². The summed E-state index contributed by atoms with van der Waals surface area (Å²) in [6.07, 6.45) is 4.70. The third-order valence-electron chi connectivity index (χ3n) is 6.13. The molecule has 2 aromatic rings. The van der Waals surface area contributed by atoms with Crippen LogP contribution in [0.5, 0.6) is 0 Å². The SMILES string of the molecule is Cc1cccc(C(C)C)c1C(CN1CCCCC1)OCCCc1c(F)cccc1F. The third kappa shape index (κ3) is 5.89. The summed E-state index contributed by atoms with van der Waals surface area (Å²) in [6.45, 7) is 10.2. The Morgan fingerprint density at radius 3 is 2.30 bits per heavy atom. The molecule has 0 amide bonds. The first-order valence-electron chi connectivity index (χ1n) is 11.3. The molecule has 0 bridgehead atoms. The van der Waals surface area contributed by atoms with Crippen molar-refractivity contribution in [3.63, 3.8) is 0 Å². The molecule has 0 N–H and O–H groups in total. The van der Waals surface area contributed by atoms with Crippen molar-refractivity contribution in [3.8, 4) is 0 Å². The molecule has 0 aliphatic carbocycles. The zero-order chi connectivity index (χ0) is 21.5. The van der Waals surface area contributed by atoms with Crippen molar-refractivity contribution >= 4 is 0 Å². The summed E-state index contributed by atoms with van der Waals surface area (Å²) in [4.78, 5) is 2.50. The summed E-state index contributed by atoms with van der Waals surface area (Å²) in [5.41, 5.74) is 4.03. The van der Waals surface area contributed by atoms with Gasteiger partial charge in [0.15, 0.2) is 0 Å². The lowest BCUT2D eigenvalue weighted by molar-refractivity contribution is 0.0184. The molecule has 1 unspecified atom stereocenters. The molecular weight excluding hydrogens is 380 g/mol. The minimum Gasteiger partial charge on any atom is -0.372 e. The molecule has 2 nitrogen and oxygen atoms in total. The summed E-state index contributed by atoms with van der Waals surface area (Å²) < 4.78 is 34.3. The second-order valence-corrected chi connectivity index (χ2v) is 8.76. The van der Waals surface area contributed by atoms with E-state index in [1.54, 1.807) is 0 Å². The molecule has 30 heavy (non-hydrogen) atoms. The van der Waals surface area contributed by atoms with Gasteiger partial charge in [0.2, 0.25) is 0 Å². The van der Waals surface area contributed by atoms with Crippen molar-refractivity contribution in [2.24, 2.45) is 0 Å². The average molecular weight is 416 g/mol. The van der Waals surface area contributed by atoms with Crippen molar-refractivity contribution in [2.75, 3.05) is 26.2 Å². The lowest BCUT2D eigenvalue weighted by atomic mass is 9.90. The number of aryl methyl sites for hydroxylation is 1. The smallest absolute Gasteiger partial charge is 0.129 e. The van der Waals surface area contributed by atoms with E-state index in [1.807, 2.05) is 0 Å². The Bertz CT molecular complexity index is 794. The average Bonchev–Trinajstić information content (AvgIpc) is 2.72. The van der Waals surface area contributed by atoms with Crippen molar-refractivity contribution in [1.82, 2.24) is 4.90 Å². The fourth-order valence-electron chi connectivity index (χ4n) is 4.50. The summed E-state index contributed by atoms with van der Waals surface area (Å²) in [5, 5.41) is 0. The third-order valence-corrected chi connectivity index (χ3v) is 6.13. The number of hydrogen-bond acceptors (Lipinski definition) is 2. The van der Waals surface area contributed by atoms with E-state index in [4.69, 9.17) is 4.74 Å². The second-order valence-electron chi connectivity index (χ2n) is 8.76. The van der Waals surface area contributed by atoms with Crippen molar-refractivity contribution in [2.45, 2.75) is 64.9 Å². The number of hydrogen-bond donors (Lipinski definition) is 0. The van der Waals surface area contributed by atoms with Crippen LogP contribution in [0.25, 0.3) is 0 Å². The predicted octanol–water partition coefficient (Wildman–Crippen LogP) is 6.57. The number of rotatable bonds is 9. The lowest BCUT2D eigenvalue weighted by Gasteiger charge is -2.32. The van der Waals surface area contributed by atoms with Gasteiger partial charge in [0.05, 0.1) is 6.10 Å². The molecule has 2 aromatic carbocycles. The first-order chi connectivity index (χ1) is 14.5. The van der Waals surface area contributed by atoms with Crippen LogP contribution in [0.15, 0.2) is 36.4 Å². The Labute approximate surface area is 180 Å². The van der Waals surface area contributed by atoms with Crippen LogP contribution >= 0.6 is 0 Å². The molecule has 1 fully saturated rings. The molecule has 1 saturated heterocycles. The summed E-state index contributed by atoms with van der Waals surface area (Å²) >= 11 is 0. The topological polar surface area (TPSA) is 12.5 Å². The maximum absolute atomic E-state index is 13.9. The molecule has 164 valence electrons. The first-order valence-corrected chi connectivity index (χ1v) is 11.3. The highest BCUT2D eigenvalue weighted by Crippen LogP contribution is 2.32. The van der Waals surface area contributed by atoms with Gasteiger partial charge in [-0.2, -0.15) is 0 Å². The van der Waals surface area contributed by atoms with Crippen LogP contribution in [-0.4, -0.2) is 31.1 Å². The summed E-state index contributed by atoms with van der Waals surface area (Å²) in [7, 11) is 0. The van der Waals surface area contributed by atoms with E-state index in [-0.39, 0.29) is 11.7 Å². The fourth-order valence-corrected chi connectivity index (χ4v) is 4.50. The number of halogens is 2. The van der Waals surface area contributed by atoms with Gasteiger partial charge in [0.1, 0.15) is 11.6 Å². The van der Waals surface area contributed by atoms with Gasteiger partial charge >= 0.3 is 0 Å². The molecule has 3 rings (SSSR count). The Balaban J connectivity index is 1.72. The summed E-state index contributed by atoms with van der Waals surface area (Å²) in [5.74, 6) is -0.526. The van der Waals surface area contributed by atoms with Crippen LogP contribution in [0, 0.1) is 18.6 Å². The molecular formula is C26H35F2NO. The van der Waals surface area contributed by atoms with E-state index < -0.39 is 11.6 Å². The van der Waals surface area contributed by atoms with Gasteiger partial charge in [0, 0.05) is 18.7 Å². The number of piperidine rings is 1. The predicted molar refractivity (Wildman–Crippen MR) is 119 cm³/mol. The molecule has 4 heteroatoms. The molecule has 0 radical (unpaired) electrons. The van der Waals surface area contributed by atoms with Crippen molar-refractivity contribution in [3.05, 3.63) is 70.3 Å². The zero-order valence-corrected chi connectivity index (χ0v) is 18.6. The molecule has 1 aliphatic heterocycles. The zero-order valence-electron chi connectivity index (χ0n) is 18.6. The van der Waals surface area contributed by atoms with Crippen LogP contribution in [-0.2, 0) is 11.2 Å². The van der Waals surface area contributed by atoms with E-state index in [0.29, 0.717) is 25.4 Å². The van der Waals surface area contributed by atoms with E-state index in [2.05, 4.69) is 43.9 Å². The van der Waals surface area contributed by atoms with Gasteiger partial charge in [0.25, 0.3) is 0 Å². The molecule has 1 atom stereocenters.